The lowest BCUT2D eigenvalue weighted by Crippen LogP contribution is -2.41. The van der Waals surface area contributed by atoms with Gasteiger partial charge in [0.25, 0.3) is 0 Å². The van der Waals surface area contributed by atoms with Crippen molar-refractivity contribution in [3.63, 3.8) is 0 Å². The average Bonchev–Trinajstić information content (AvgIpc) is 3.20. The standard InChI is InChI=1S/C19H22N4OS/c1-13-5-6-17-15(10-13)4-3-7-23(17)18(24)11-20-14(2)16-12-22-8-9-25-19(22)21-16/h5-6,8-10,12,14,20H,3-4,7,11H2,1-2H3/t14-/m1/s1. The van der Waals surface area contributed by atoms with Crippen LogP contribution in [0.5, 0.6) is 0 Å². The van der Waals surface area contributed by atoms with Crippen molar-refractivity contribution in [1.29, 1.82) is 0 Å². The van der Waals surface area contributed by atoms with Gasteiger partial charge in [-0.1, -0.05) is 17.7 Å². The molecule has 1 aliphatic rings. The highest BCUT2D eigenvalue weighted by molar-refractivity contribution is 7.15. The second-order valence-electron chi connectivity index (χ2n) is 6.64. The van der Waals surface area contributed by atoms with Gasteiger partial charge < -0.3 is 10.2 Å². The number of anilines is 1. The summed E-state index contributed by atoms with van der Waals surface area (Å²) >= 11 is 1.61. The molecule has 0 saturated heterocycles. The number of hydrogen-bond acceptors (Lipinski definition) is 4. The largest absolute Gasteiger partial charge is 0.311 e. The monoisotopic (exact) mass is 354 g/mol. The van der Waals surface area contributed by atoms with Crippen LogP contribution in [0, 0.1) is 6.92 Å². The molecule has 130 valence electrons. The van der Waals surface area contributed by atoms with Crippen LogP contribution in [0.4, 0.5) is 5.69 Å². The summed E-state index contributed by atoms with van der Waals surface area (Å²) in [6, 6.07) is 6.40. The maximum Gasteiger partial charge on any atom is 0.240 e. The molecule has 1 aliphatic heterocycles. The number of aromatic nitrogens is 2. The van der Waals surface area contributed by atoms with E-state index in [2.05, 4.69) is 35.4 Å². The summed E-state index contributed by atoms with van der Waals surface area (Å²) in [4.78, 5) is 20.2. The molecule has 3 heterocycles. The van der Waals surface area contributed by atoms with Crippen LogP contribution in [0.2, 0.25) is 0 Å². The van der Waals surface area contributed by atoms with Crippen LogP contribution in [-0.2, 0) is 11.2 Å². The predicted molar refractivity (Wildman–Crippen MR) is 101 cm³/mol. The van der Waals surface area contributed by atoms with Crippen molar-refractivity contribution < 1.29 is 4.79 Å². The van der Waals surface area contributed by atoms with E-state index in [1.54, 1.807) is 11.3 Å². The van der Waals surface area contributed by atoms with Crippen molar-refractivity contribution in [3.8, 4) is 0 Å². The third-order valence-electron chi connectivity index (χ3n) is 4.77. The number of thiazole rings is 1. The topological polar surface area (TPSA) is 49.6 Å². The van der Waals surface area contributed by atoms with Crippen molar-refractivity contribution in [2.24, 2.45) is 0 Å². The first-order valence-electron chi connectivity index (χ1n) is 8.67. The van der Waals surface area contributed by atoms with Crippen LogP contribution in [0.1, 0.15) is 36.2 Å². The zero-order valence-electron chi connectivity index (χ0n) is 14.5. The summed E-state index contributed by atoms with van der Waals surface area (Å²) in [5.41, 5.74) is 4.56. The molecule has 5 nitrogen and oxygen atoms in total. The maximum atomic E-state index is 12.7. The number of benzene rings is 1. The quantitative estimate of drug-likeness (QED) is 0.782. The molecule has 1 aromatic carbocycles. The highest BCUT2D eigenvalue weighted by Crippen LogP contribution is 2.28. The molecule has 4 rings (SSSR count). The van der Waals surface area contributed by atoms with Crippen molar-refractivity contribution >= 4 is 27.9 Å². The fourth-order valence-corrected chi connectivity index (χ4v) is 4.09. The van der Waals surface area contributed by atoms with E-state index >= 15 is 0 Å². The van der Waals surface area contributed by atoms with Crippen LogP contribution < -0.4 is 10.2 Å². The molecule has 2 aromatic heterocycles. The first-order chi connectivity index (χ1) is 12.1. The van der Waals surface area contributed by atoms with E-state index < -0.39 is 0 Å². The van der Waals surface area contributed by atoms with E-state index in [1.165, 1.54) is 11.1 Å². The first-order valence-corrected chi connectivity index (χ1v) is 9.55. The Morgan fingerprint density at radius 3 is 3.16 bits per heavy atom. The summed E-state index contributed by atoms with van der Waals surface area (Å²) in [6.07, 6.45) is 6.10. The Labute approximate surface area is 151 Å². The van der Waals surface area contributed by atoms with Crippen molar-refractivity contribution in [2.45, 2.75) is 32.7 Å². The lowest BCUT2D eigenvalue weighted by atomic mass is 9.99. The van der Waals surface area contributed by atoms with E-state index in [-0.39, 0.29) is 11.9 Å². The summed E-state index contributed by atoms with van der Waals surface area (Å²) in [5, 5.41) is 5.34. The van der Waals surface area contributed by atoms with E-state index in [4.69, 9.17) is 0 Å². The van der Waals surface area contributed by atoms with Gasteiger partial charge in [-0.2, -0.15) is 0 Å². The van der Waals surface area contributed by atoms with Crippen LogP contribution in [-0.4, -0.2) is 28.4 Å². The van der Waals surface area contributed by atoms with Crippen molar-refractivity contribution in [2.75, 3.05) is 18.0 Å². The molecule has 3 aromatic rings. The second kappa shape index (κ2) is 6.61. The lowest BCUT2D eigenvalue weighted by Gasteiger charge is -2.30. The number of nitrogens with zero attached hydrogens (tertiary/aromatic N) is 3. The summed E-state index contributed by atoms with van der Waals surface area (Å²) < 4.78 is 2.02. The first kappa shape index (κ1) is 16.3. The van der Waals surface area contributed by atoms with Gasteiger partial charge in [0.15, 0.2) is 4.96 Å². The number of amides is 1. The van der Waals surface area contributed by atoms with Crippen molar-refractivity contribution in [3.05, 3.63) is 52.8 Å². The zero-order chi connectivity index (χ0) is 17.4. The normalized spacial score (nSPS) is 15.4. The second-order valence-corrected chi connectivity index (χ2v) is 7.52. The minimum Gasteiger partial charge on any atom is -0.311 e. The SMILES string of the molecule is Cc1ccc2c(c1)CCCN2C(=O)CN[C@H](C)c1cn2ccsc2n1. The van der Waals surface area contributed by atoms with Gasteiger partial charge >= 0.3 is 0 Å². The van der Waals surface area contributed by atoms with Gasteiger partial charge in [-0.05, 0) is 38.3 Å². The number of rotatable bonds is 4. The highest BCUT2D eigenvalue weighted by Gasteiger charge is 2.23. The molecule has 1 amide bonds. The Morgan fingerprint density at radius 1 is 1.44 bits per heavy atom. The molecule has 6 heteroatoms. The van der Waals surface area contributed by atoms with Gasteiger partial charge in [0.2, 0.25) is 5.91 Å². The molecule has 0 saturated carbocycles. The smallest absolute Gasteiger partial charge is 0.240 e. The predicted octanol–water partition coefficient (Wildman–Crippen LogP) is 3.33. The Hall–Kier alpha value is -2.18. The minimum absolute atomic E-state index is 0.0401. The lowest BCUT2D eigenvalue weighted by molar-refractivity contribution is -0.118. The summed E-state index contributed by atoms with van der Waals surface area (Å²) in [6.45, 7) is 5.26. The molecule has 0 fully saturated rings. The van der Waals surface area contributed by atoms with E-state index in [9.17, 15) is 4.79 Å². The number of nitrogens with one attached hydrogen (secondary N) is 1. The van der Waals surface area contributed by atoms with Crippen LogP contribution in [0.3, 0.4) is 0 Å². The highest BCUT2D eigenvalue weighted by atomic mass is 32.1. The van der Waals surface area contributed by atoms with Gasteiger partial charge in [0, 0.05) is 36.0 Å². The number of carbonyl (C=O) groups is 1. The third-order valence-corrected chi connectivity index (χ3v) is 5.54. The molecule has 0 unspecified atom stereocenters. The third kappa shape index (κ3) is 3.19. The van der Waals surface area contributed by atoms with Gasteiger partial charge in [-0.25, -0.2) is 4.98 Å². The zero-order valence-corrected chi connectivity index (χ0v) is 15.3. The molecular weight excluding hydrogens is 332 g/mol. The number of fused-ring (bicyclic) bond motifs is 2. The van der Waals surface area contributed by atoms with Gasteiger partial charge in [-0.3, -0.25) is 9.20 Å². The van der Waals surface area contributed by atoms with Crippen LogP contribution >= 0.6 is 11.3 Å². The summed E-state index contributed by atoms with van der Waals surface area (Å²) in [5.74, 6) is 0.123. The van der Waals surface area contributed by atoms with Gasteiger partial charge in [-0.15, -0.1) is 11.3 Å². The molecule has 0 aliphatic carbocycles. The van der Waals surface area contributed by atoms with Gasteiger partial charge in [0.1, 0.15) is 0 Å². The van der Waals surface area contributed by atoms with Gasteiger partial charge in [0.05, 0.1) is 12.2 Å². The molecule has 0 radical (unpaired) electrons. The Bertz CT molecular complexity index is 885. The maximum absolute atomic E-state index is 12.7. The van der Waals surface area contributed by atoms with E-state index in [1.807, 2.05) is 34.0 Å². The number of imidazole rings is 1. The van der Waals surface area contributed by atoms with Crippen molar-refractivity contribution in [1.82, 2.24) is 14.7 Å². The fraction of sp³-hybridized carbons (Fsp3) is 0.368. The van der Waals surface area contributed by atoms with Crippen LogP contribution in [0.15, 0.2) is 36.0 Å². The number of aryl methyl sites for hydroxylation is 2. The Balaban J connectivity index is 1.43. The Kier molecular flexibility index (Phi) is 4.31. The van der Waals surface area contributed by atoms with E-state index in [0.29, 0.717) is 6.54 Å². The van der Waals surface area contributed by atoms with E-state index in [0.717, 1.165) is 35.7 Å². The minimum atomic E-state index is 0.0401. The van der Waals surface area contributed by atoms with Crippen LogP contribution in [0.25, 0.3) is 4.96 Å². The average molecular weight is 354 g/mol. The molecular formula is C19H22N4OS. The fourth-order valence-electron chi connectivity index (χ4n) is 3.38. The molecule has 25 heavy (non-hydrogen) atoms. The molecule has 0 bridgehead atoms. The summed E-state index contributed by atoms with van der Waals surface area (Å²) in [7, 11) is 0. The molecule has 1 N–H and O–H groups in total. The Morgan fingerprint density at radius 2 is 2.32 bits per heavy atom. The number of hydrogen-bond donors (Lipinski definition) is 1. The molecule has 0 spiro atoms. The number of carbonyl (C=O) groups excluding carboxylic acids is 1. The molecule has 1 atom stereocenters.